The Bertz CT molecular complexity index is 969. The molecule has 3 aromatic carbocycles. The number of phenols is 2. The fraction of sp³-hybridized carbons (Fsp3) is 0.0952. The number of halogens is 2. The number of benzene rings is 3. The molecule has 3 aromatic rings. The lowest BCUT2D eigenvalue weighted by Crippen LogP contribution is -2.27. The summed E-state index contributed by atoms with van der Waals surface area (Å²) >= 11 is 1.74. The normalized spacial score (nSPS) is 13.2. The van der Waals surface area contributed by atoms with Crippen molar-refractivity contribution in [2.24, 2.45) is 0 Å². The van der Waals surface area contributed by atoms with Gasteiger partial charge < -0.3 is 10.2 Å². The summed E-state index contributed by atoms with van der Waals surface area (Å²) in [5, 5.41) is 19.2. The Morgan fingerprint density at radius 2 is 1.58 bits per heavy atom. The lowest BCUT2D eigenvalue weighted by atomic mass is 9.69. The number of rotatable bonds is 4. The predicted octanol–water partition coefficient (Wildman–Crippen LogP) is 5.17. The second-order valence-corrected chi connectivity index (χ2v) is 7.14. The van der Waals surface area contributed by atoms with Crippen LogP contribution in [0.4, 0.5) is 4.39 Å². The lowest BCUT2D eigenvalue weighted by Gasteiger charge is -2.33. The van der Waals surface area contributed by atoms with Crippen molar-refractivity contribution in [2.45, 2.75) is 12.3 Å². The Kier molecular flexibility index (Phi) is 5.00. The van der Waals surface area contributed by atoms with E-state index in [1.165, 1.54) is 12.1 Å². The van der Waals surface area contributed by atoms with Crippen LogP contribution in [0.15, 0.2) is 66.7 Å². The molecule has 0 aliphatic heterocycles. The maximum Gasteiger partial charge on any atom is 0.222 e. The van der Waals surface area contributed by atoms with Crippen LogP contribution in [0.1, 0.15) is 34.0 Å². The van der Waals surface area contributed by atoms with E-state index < -0.39 is 17.0 Å². The van der Waals surface area contributed by atoms with E-state index in [0.29, 0.717) is 11.1 Å². The fourth-order valence-corrected chi connectivity index (χ4v) is 3.65. The summed E-state index contributed by atoms with van der Waals surface area (Å²) in [7, 11) is 0. The van der Waals surface area contributed by atoms with Gasteiger partial charge in [0.25, 0.3) is 0 Å². The molecule has 0 aromatic heterocycles. The van der Waals surface area contributed by atoms with Crippen molar-refractivity contribution in [3.05, 3.63) is 94.8 Å². The van der Waals surface area contributed by atoms with Crippen LogP contribution in [0.2, 0.25) is 0 Å². The third-order valence-electron chi connectivity index (χ3n) is 4.65. The SMILES string of the molecule is CC(c1ccc(O)cc1)(c1ccc(O)c(F)c1)c1ccccc1C(=O)I. The number of aromatic hydroxyl groups is 2. The zero-order chi connectivity index (χ0) is 18.9. The van der Waals surface area contributed by atoms with Crippen LogP contribution in [0, 0.1) is 5.82 Å². The van der Waals surface area contributed by atoms with E-state index in [9.17, 15) is 19.4 Å². The molecule has 0 heterocycles. The van der Waals surface area contributed by atoms with Gasteiger partial charge in [-0.3, -0.25) is 4.79 Å². The first kappa shape index (κ1) is 18.4. The maximum absolute atomic E-state index is 14.1. The van der Waals surface area contributed by atoms with E-state index in [0.717, 1.165) is 11.1 Å². The summed E-state index contributed by atoms with van der Waals surface area (Å²) in [4.78, 5) is 12.2. The monoisotopic (exact) mass is 462 g/mol. The van der Waals surface area contributed by atoms with Crippen LogP contribution in [0.5, 0.6) is 11.5 Å². The van der Waals surface area contributed by atoms with E-state index in [1.807, 2.05) is 19.1 Å². The minimum Gasteiger partial charge on any atom is -0.508 e. The molecule has 1 unspecified atom stereocenters. The summed E-state index contributed by atoms with van der Waals surface area (Å²) < 4.78 is 14.0. The number of hydrogen-bond donors (Lipinski definition) is 2. The van der Waals surface area contributed by atoms with E-state index >= 15 is 0 Å². The maximum atomic E-state index is 14.1. The van der Waals surface area contributed by atoms with Crippen LogP contribution < -0.4 is 0 Å². The zero-order valence-corrected chi connectivity index (χ0v) is 16.1. The van der Waals surface area contributed by atoms with Gasteiger partial charge in [-0.25, -0.2) is 4.39 Å². The second kappa shape index (κ2) is 7.07. The van der Waals surface area contributed by atoms with Crippen molar-refractivity contribution in [1.29, 1.82) is 0 Å². The molecule has 0 spiro atoms. The number of carbonyl (C=O) groups is 1. The number of phenolic OH excluding ortho intramolecular Hbond substituents is 2. The van der Waals surface area contributed by atoms with Crippen molar-refractivity contribution in [3.63, 3.8) is 0 Å². The Balaban J connectivity index is 2.35. The molecule has 0 aliphatic carbocycles. The van der Waals surface area contributed by atoms with Crippen molar-refractivity contribution in [1.82, 2.24) is 0 Å². The van der Waals surface area contributed by atoms with Crippen LogP contribution in [0.25, 0.3) is 0 Å². The quantitative estimate of drug-likeness (QED) is 0.320. The molecule has 0 fully saturated rings. The molecule has 0 aliphatic rings. The molecular formula is C21H16FIO3. The van der Waals surface area contributed by atoms with Crippen molar-refractivity contribution >= 4 is 26.4 Å². The minimum atomic E-state index is -0.861. The van der Waals surface area contributed by atoms with Gasteiger partial charge in [0.2, 0.25) is 3.79 Å². The minimum absolute atomic E-state index is 0.117. The summed E-state index contributed by atoms with van der Waals surface area (Å²) in [5.74, 6) is -1.04. The predicted molar refractivity (Wildman–Crippen MR) is 107 cm³/mol. The molecule has 5 heteroatoms. The van der Waals surface area contributed by atoms with Crippen molar-refractivity contribution < 1.29 is 19.4 Å². The Morgan fingerprint density at radius 1 is 0.962 bits per heavy atom. The first-order valence-electron chi connectivity index (χ1n) is 7.92. The third kappa shape index (κ3) is 3.19. The number of hydrogen-bond acceptors (Lipinski definition) is 3. The van der Waals surface area contributed by atoms with Crippen molar-refractivity contribution in [2.75, 3.05) is 0 Å². The fourth-order valence-electron chi connectivity index (χ4n) is 3.18. The summed E-state index contributed by atoms with van der Waals surface area (Å²) in [6.45, 7) is 1.89. The molecular weight excluding hydrogens is 446 g/mol. The topological polar surface area (TPSA) is 57.5 Å². The Labute approximate surface area is 164 Å². The van der Waals surface area contributed by atoms with Gasteiger partial charge in [-0.1, -0.05) is 42.5 Å². The summed E-state index contributed by atoms with van der Waals surface area (Å²) in [5.41, 5.74) is 1.75. The molecule has 0 radical (unpaired) electrons. The van der Waals surface area contributed by atoms with Gasteiger partial charge in [-0.2, -0.15) is 0 Å². The highest BCUT2D eigenvalue weighted by Gasteiger charge is 2.34. The molecule has 0 bridgehead atoms. The van der Waals surface area contributed by atoms with Crippen LogP contribution in [0.3, 0.4) is 0 Å². The molecule has 0 amide bonds. The third-order valence-corrected chi connectivity index (χ3v) is 5.23. The zero-order valence-electron chi connectivity index (χ0n) is 13.9. The molecule has 0 saturated carbocycles. The molecule has 132 valence electrons. The second-order valence-electron chi connectivity index (χ2n) is 6.16. The smallest absolute Gasteiger partial charge is 0.222 e. The molecule has 0 saturated heterocycles. The van der Waals surface area contributed by atoms with E-state index in [4.69, 9.17) is 0 Å². The summed E-state index contributed by atoms with van der Waals surface area (Å²) in [6.07, 6.45) is 0. The number of carbonyl (C=O) groups excluding carboxylic acids is 1. The van der Waals surface area contributed by atoms with Gasteiger partial charge in [0.1, 0.15) is 5.75 Å². The van der Waals surface area contributed by atoms with Gasteiger partial charge in [-0.05, 0) is 47.9 Å². The van der Waals surface area contributed by atoms with E-state index in [-0.39, 0.29) is 9.54 Å². The van der Waals surface area contributed by atoms with E-state index in [1.54, 1.807) is 65.1 Å². The first-order valence-corrected chi connectivity index (χ1v) is 8.99. The van der Waals surface area contributed by atoms with Gasteiger partial charge in [0, 0.05) is 33.6 Å². The molecule has 26 heavy (non-hydrogen) atoms. The van der Waals surface area contributed by atoms with Crippen LogP contribution >= 0.6 is 22.6 Å². The van der Waals surface area contributed by atoms with Gasteiger partial charge in [0.05, 0.1) is 0 Å². The summed E-state index contributed by atoms with van der Waals surface area (Å²) in [6, 6.07) is 18.0. The van der Waals surface area contributed by atoms with Gasteiger partial charge in [-0.15, -0.1) is 0 Å². The Morgan fingerprint density at radius 3 is 2.19 bits per heavy atom. The first-order chi connectivity index (χ1) is 12.3. The highest BCUT2D eigenvalue weighted by molar-refractivity contribution is 14.1. The average Bonchev–Trinajstić information content (AvgIpc) is 2.64. The largest absolute Gasteiger partial charge is 0.508 e. The molecule has 2 N–H and O–H groups in total. The van der Waals surface area contributed by atoms with Crippen LogP contribution in [-0.2, 0) is 5.41 Å². The highest BCUT2D eigenvalue weighted by atomic mass is 127. The van der Waals surface area contributed by atoms with Crippen LogP contribution in [-0.4, -0.2) is 14.0 Å². The van der Waals surface area contributed by atoms with Gasteiger partial charge in [0.15, 0.2) is 11.6 Å². The molecule has 3 nitrogen and oxygen atoms in total. The molecule has 3 rings (SSSR count). The van der Waals surface area contributed by atoms with Gasteiger partial charge >= 0.3 is 0 Å². The average molecular weight is 462 g/mol. The highest BCUT2D eigenvalue weighted by Crippen LogP contribution is 2.42. The molecule has 1 atom stereocenters. The lowest BCUT2D eigenvalue weighted by molar-refractivity contribution is 0.110. The van der Waals surface area contributed by atoms with Crippen molar-refractivity contribution in [3.8, 4) is 11.5 Å². The van der Waals surface area contributed by atoms with E-state index in [2.05, 4.69) is 0 Å². The standard InChI is InChI=1S/C21H16FIO3/c1-21(13-6-9-15(24)10-7-13,14-8-11-19(25)18(22)12-14)17-5-3-2-4-16(17)20(23)26/h2-12,24-25H,1H3. The Hall–Kier alpha value is -2.41.